The minimum atomic E-state index is -0.540. The molecule has 0 atom stereocenters. The summed E-state index contributed by atoms with van der Waals surface area (Å²) >= 11 is 7.02. The van der Waals surface area contributed by atoms with Gasteiger partial charge in [0.2, 0.25) is 0 Å². The summed E-state index contributed by atoms with van der Waals surface area (Å²) < 4.78 is 18.6. The molecule has 0 saturated carbocycles. The molecule has 1 aromatic carbocycles. The second-order valence-electron chi connectivity index (χ2n) is 3.21. The maximum Gasteiger partial charge on any atom is 0.159 e. The average molecular weight is 265 g/mol. The van der Waals surface area contributed by atoms with Gasteiger partial charge >= 0.3 is 0 Å². The van der Waals surface area contributed by atoms with E-state index in [0.29, 0.717) is 17.2 Å². The van der Waals surface area contributed by atoms with Crippen LogP contribution in [0.25, 0.3) is 0 Å². The van der Waals surface area contributed by atoms with Gasteiger partial charge in [-0.2, -0.15) is 0 Å². The zero-order valence-corrected chi connectivity index (χ0v) is 10.5. The molecule has 0 fully saturated rings. The molecule has 90 valence electrons. The van der Waals surface area contributed by atoms with E-state index in [1.807, 2.05) is 0 Å². The Hall–Kier alpha value is -0.650. The number of nitrogen functional groups attached to an aromatic ring is 2. The lowest BCUT2D eigenvalue weighted by molar-refractivity contribution is 0.200. The second kappa shape index (κ2) is 6.18. The maximum absolute atomic E-state index is 13.7. The van der Waals surface area contributed by atoms with Gasteiger partial charge in [0.05, 0.1) is 16.3 Å². The molecule has 0 heterocycles. The minimum absolute atomic E-state index is 0.0663. The van der Waals surface area contributed by atoms with Gasteiger partial charge in [0.25, 0.3) is 0 Å². The van der Waals surface area contributed by atoms with E-state index >= 15 is 0 Å². The van der Waals surface area contributed by atoms with Gasteiger partial charge in [0, 0.05) is 19.5 Å². The summed E-state index contributed by atoms with van der Waals surface area (Å²) in [5, 5.41) is -0.0663. The first kappa shape index (κ1) is 13.4. The average Bonchev–Trinajstić information content (AvgIpc) is 2.25. The lowest BCUT2D eigenvalue weighted by Gasteiger charge is -2.09. The highest BCUT2D eigenvalue weighted by molar-refractivity contribution is 7.99. The first-order valence-corrected chi connectivity index (χ1v) is 6.09. The summed E-state index contributed by atoms with van der Waals surface area (Å²) in [6.07, 6.45) is 0.821. The van der Waals surface area contributed by atoms with Crippen LogP contribution in [0.15, 0.2) is 11.0 Å². The molecule has 0 saturated heterocycles. The molecule has 0 aliphatic heterocycles. The number of hydrogen-bond donors (Lipinski definition) is 2. The van der Waals surface area contributed by atoms with Crippen molar-refractivity contribution in [1.82, 2.24) is 0 Å². The molecule has 0 radical (unpaired) electrons. The molecule has 1 aromatic rings. The zero-order valence-electron chi connectivity index (χ0n) is 8.93. The van der Waals surface area contributed by atoms with E-state index in [4.69, 9.17) is 27.8 Å². The first-order valence-electron chi connectivity index (χ1n) is 4.72. The minimum Gasteiger partial charge on any atom is -0.398 e. The van der Waals surface area contributed by atoms with Crippen LogP contribution >= 0.6 is 23.4 Å². The Morgan fingerprint density at radius 1 is 1.44 bits per heavy atom. The summed E-state index contributed by atoms with van der Waals surface area (Å²) in [7, 11) is 1.62. The van der Waals surface area contributed by atoms with E-state index in [1.54, 1.807) is 7.11 Å². The Morgan fingerprint density at radius 2 is 2.12 bits per heavy atom. The number of hydrogen-bond acceptors (Lipinski definition) is 4. The highest BCUT2D eigenvalue weighted by atomic mass is 35.5. The molecule has 0 aliphatic rings. The van der Waals surface area contributed by atoms with Crippen LogP contribution in [0.5, 0.6) is 0 Å². The van der Waals surface area contributed by atoms with Crippen LogP contribution in [0.4, 0.5) is 15.8 Å². The maximum atomic E-state index is 13.7. The van der Waals surface area contributed by atoms with Crippen LogP contribution in [-0.2, 0) is 4.74 Å². The summed E-state index contributed by atoms with van der Waals surface area (Å²) in [6, 6.07) is 1.48. The first-order chi connectivity index (χ1) is 7.57. The summed E-state index contributed by atoms with van der Waals surface area (Å²) in [5.41, 5.74) is 11.6. The van der Waals surface area contributed by atoms with Crippen molar-refractivity contribution in [1.29, 1.82) is 0 Å². The van der Waals surface area contributed by atoms with E-state index in [9.17, 15) is 4.39 Å². The second-order valence-corrected chi connectivity index (χ2v) is 4.69. The highest BCUT2D eigenvalue weighted by Crippen LogP contribution is 2.36. The molecule has 4 N–H and O–H groups in total. The van der Waals surface area contributed by atoms with Crippen LogP contribution < -0.4 is 11.5 Å². The number of benzene rings is 1. The predicted octanol–water partition coefficient (Wildman–Crippen LogP) is 2.77. The Kier molecular flexibility index (Phi) is 5.18. The Balaban J connectivity index is 2.76. The van der Waals surface area contributed by atoms with Gasteiger partial charge in [0.15, 0.2) is 5.82 Å². The smallest absolute Gasteiger partial charge is 0.159 e. The number of halogens is 2. The topological polar surface area (TPSA) is 61.3 Å². The van der Waals surface area contributed by atoms with E-state index in [-0.39, 0.29) is 10.7 Å². The largest absolute Gasteiger partial charge is 0.398 e. The third kappa shape index (κ3) is 3.17. The van der Waals surface area contributed by atoms with Crippen molar-refractivity contribution in [2.45, 2.75) is 11.3 Å². The molecular formula is C10H14ClFN2OS. The van der Waals surface area contributed by atoms with E-state index in [0.717, 1.165) is 12.2 Å². The Bertz CT molecular complexity index is 376. The number of ether oxygens (including phenoxy) is 1. The molecule has 0 bridgehead atoms. The van der Waals surface area contributed by atoms with E-state index in [1.165, 1.54) is 17.8 Å². The predicted molar refractivity (Wildman–Crippen MR) is 67.5 cm³/mol. The van der Waals surface area contributed by atoms with Crippen molar-refractivity contribution in [3.63, 3.8) is 0 Å². The lowest BCUT2D eigenvalue weighted by Crippen LogP contribution is -1.99. The Morgan fingerprint density at radius 3 is 2.75 bits per heavy atom. The molecule has 0 amide bonds. The van der Waals surface area contributed by atoms with Gasteiger partial charge in [0.1, 0.15) is 5.02 Å². The van der Waals surface area contributed by atoms with Crippen molar-refractivity contribution < 1.29 is 9.13 Å². The Labute approximate surface area is 103 Å². The summed E-state index contributed by atoms with van der Waals surface area (Å²) in [6.45, 7) is 0.636. The summed E-state index contributed by atoms with van der Waals surface area (Å²) in [5.74, 6) is 0.177. The molecule has 3 nitrogen and oxygen atoms in total. The van der Waals surface area contributed by atoms with Crippen LogP contribution in [0, 0.1) is 5.82 Å². The fourth-order valence-electron chi connectivity index (χ4n) is 1.17. The van der Waals surface area contributed by atoms with Crippen molar-refractivity contribution in [2.24, 2.45) is 0 Å². The van der Waals surface area contributed by atoms with Crippen molar-refractivity contribution >= 4 is 34.7 Å². The number of nitrogens with two attached hydrogens (primary N) is 2. The summed E-state index contributed by atoms with van der Waals surface area (Å²) in [4.78, 5) is 0.357. The molecule has 0 spiro atoms. The van der Waals surface area contributed by atoms with Gasteiger partial charge in [-0.05, 0) is 12.5 Å². The molecule has 0 aliphatic carbocycles. The lowest BCUT2D eigenvalue weighted by atomic mass is 10.3. The van der Waals surface area contributed by atoms with Gasteiger partial charge in [-0.15, -0.1) is 11.8 Å². The molecule has 16 heavy (non-hydrogen) atoms. The van der Waals surface area contributed by atoms with Gasteiger partial charge in [-0.1, -0.05) is 11.6 Å². The standard InChI is InChI=1S/C10H14ClFN2OS/c1-15-3-2-4-16-10-7(14)5-6(13)8(11)9(10)12/h5H,2-4,13-14H2,1H3. The monoisotopic (exact) mass is 264 g/mol. The van der Waals surface area contributed by atoms with Gasteiger partial charge < -0.3 is 16.2 Å². The van der Waals surface area contributed by atoms with Gasteiger partial charge in [-0.25, -0.2) is 4.39 Å². The zero-order chi connectivity index (χ0) is 12.1. The molecule has 0 unspecified atom stereocenters. The number of methoxy groups -OCH3 is 1. The molecule has 6 heteroatoms. The number of thioether (sulfide) groups is 1. The van der Waals surface area contributed by atoms with E-state index in [2.05, 4.69) is 0 Å². The number of anilines is 2. The third-order valence-corrected chi connectivity index (χ3v) is 3.54. The van der Waals surface area contributed by atoms with Crippen molar-refractivity contribution in [3.05, 3.63) is 16.9 Å². The van der Waals surface area contributed by atoms with Crippen LogP contribution in [-0.4, -0.2) is 19.5 Å². The fourth-order valence-corrected chi connectivity index (χ4v) is 2.30. The molecule has 0 aromatic heterocycles. The highest BCUT2D eigenvalue weighted by Gasteiger charge is 2.14. The third-order valence-electron chi connectivity index (χ3n) is 1.96. The number of rotatable bonds is 5. The van der Waals surface area contributed by atoms with E-state index < -0.39 is 5.82 Å². The molecular weight excluding hydrogens is 251 g/mol. The normalized spacial score (nSPS) is 10.7. The molecule has 1 rings (SSSR count). The fraction of sp³-hybridized carbons (Fsp3) is 0.400. The van der Waals surface area contributed by atoms with Crippen molar-refractivity contribution in [2.75, 3.05) is 30.9 Å². The van der Waals surface area contributed by atoms with Crippen molar-refractivity contribution in [3.8, 4) is 0 Å². The van der Waals surface area contributed by atoms with Gasteiger partial charge in [-0.3, -0.25) is 0 Å². The van der Waals surface area contributed by atoms with Crippen LogP contribution in [0.3, 0.4) is 0 Å². The SMILES string of the molecule is COCCCSc1c(N)cc(N)c(Cl)c1F. The van der Waals surface area contributed by atoms with Crippen LogP contribution in [0.2, 0.25) is 5.02 Å². The quantitative estimate of drug-likeness (QED) is 0.488. The van der Waals surface area contributed by atoms with Crippen LogP contribution in [0.1, 0.15) is 6.42 Å².